The summed E-state index contributed by atoms with van der Waals surface area (Å²) in [7, 11) is 5.29. The van der Waals surface area contributed by atoms with E-state index < -0.39 is 96.0 Å². The monoisotopic (exact) mass is 955 g/mol. The quantitative estimate of drug-likeness (QED) is 0.0812. The largest absolute Gasteiger partial charge is 0.459 e. The minimum atomic E-state index is -1.88. The number of esters is 1. The topological polar surface area (TPSA) is 204 Å². The SMILES string of the molecule is CC[C@H]1OC(=O)[C@H](C)[C@@H](O[C@H]2C[C@@](C)(OC)[C@@H](O)[C@H](C)O2)[C@H](C)[C@@H](O[C@@H]2O[C@H](C)C[C@H](N(C)C)[C@H]2O)[C@](C)(O)C[C@@H](C)CN(CCCNC(=S)NCCc2ccccc2)[C@H](C)[C@@H](O)[C@]1(C)O. The lowest BCUT2D eigenvalue weighted by Gasteiger charge is -2.48. The molecule has 3 fully saturated rings. The van der Waals surface area contributed by atoms with Crippen molar-refractivity contribution in [2.75, 3.05) is 47.4 Å². The van der Waals surface area contributed by atoms with Gasteiger partial charge in [0.2, 0.25) is 0 Å². The number of methoxy groups -OCH3 is 1. The van der Waals surface area contributed by atoms with E-state index in [-0.39, 0.29) is 37.3 Å². The summed E-state index contributed by atoms with van der Waals surface area (Å²) in [4.78, 5) is 18.6. The number of aliphatic hydroxyl groups is 5. The van der Waals surface area contributed by atoms with Gasteiger partial charge in [-0.25, -0.2) is 0 Å². The van der Waals surface area contributed by atoms with E-state index in [1.54, 1.807) is 34.6 Å². The van der Waals surface area contributed by atoms with Crippen LogP contribution in [0.4, 0.5) is 0 Å². The highest BCUT2D eigenvalue weighted by atomic mass is 32.1. The van der Waals surface area contributed by atoms with E-state index >= 15 is 0 Å². The smallest absolute Gasteiger partial charge is 0.311 e. The Kier molecular flexibility index (Phi) is 21.1. The molecular formula is C49H86N4O12S. The Labute approximate surface area is 400 Å². The number of nitrogens with zero attached hydrogens (tertiary/aromatic N) is 2. The van der Waals surface area contributed by atoms with E-state index in [4.69, 9.17) is 40.6 Å². The fraction of sp³-hybridized carbons (Fsp3) is 0.837. The second kappa shape index (κ2) is 24.6. The third-order valence-electron chi connectivity index (χ3n) is 14.5. The van der Waals surface area contributed by atoms with Gasteiger partial charge in [-0.05, 0) is 118 Å². The standard InChI is InChI=1S/C49H86N4O12S/c1-14-37-49(10,59)41(55)33(6)53(24-18-22-50-46(66)51-23-21-35-19-16-15-17-20-35)28-29(2)26-47(8,58)43(65-45-39(54)36(52(11)12)25-30(3)61-45)31(4)40(32(5)44(57)63-37)64-38-27-48(9,60-13)42(56)34(7)62-38/h15-17,19-20,29-34,36-43,45,54-56,58-59H,14,18,21-28H2,1-13H3,(H2,50,51,66)/t29-,30-,31+,32-,33-,34+,36+,37-,38+,39-,40+,41-,42+,43-,45+,47-,48-,49-/m1/s1. The zero-order valence-electron chi connectivity index (χ0n) is 42.0. The highest BCUT2D eigenvalue weighted by Gasteiger charge is 2.53. The highest BCUT2D eigenvalue weighted by Crippen LogP contribution is 2.40. The van der Waals surface area contributed by atoms with Gasteiger partial charge in [0.1, 0.15) is 30.0 Å². The number of hydrogen-bond donors (Lipinski definition) is 7. The van der Waals surface area contributed by atoms with Crippen LogP contribution in [0.3, 0.4) is 0 Å². The van der Waals surface area contributed by atoms with Crippen molar-refractivity contribution in [2.24, 2.45) is 17.8 Å². The molecule has 18 atom stereocenters. The van der Waals surface area contributed by atoms with Crippen LogP contribution in [0, 0.1) is 17.8 Å². The van der Waals surface area contributed by atoms with Crippen molar-refractivity contribution in [2.45, 2.75) is 198 Å². The molecule has 380 valence electrons. The Balaban J connectivity index is 1.70. The van der Waals surface area contributed by atoms with Gasteiger partial charge < -0.3 is 69.5 Å². The van der Waals surface area contributed by atoms with Crippen molar-refractivity contribution >= 4 is 23.3 Å². The molecule has 1 aromatic carbocycles. The maximum Gasteiger partial charge on any atom is 0.311 e. The summed E-state index contributed by atoms with van der Waals surface area (Å²) in [6.45, 7) is 19.9. The summed E-state index contributed by atoms with van der Waals surface area (Å²) >= 11 is 5.58. The molecule has 4 rings (SSSR count). The number of benzene rings is 1. The molecule has 0 spiro atoms. The van der Waals surface area contributed by atoms with Crippen LogP contribution in [-0.2, 0) is 39.6 Å². The van der Waals surface area contributed by atoms with E-state index in [0.29, 0.717) is 44.1 Å². The molecule has 3 saturated heterocycles. The Hall–Kier alpha value is -2.10. The number of aliphatic hydroxyl groups excluding tert-OH is 3. The molecular weight excluding hydrogens is 869 g/mol. The van der Waals surface area contributed by atoms with Crippen LogP contribution in [0.15, 0.2) is 30.3 Å². The Morgan fingerprint density at radius 3 is 2.21 bits per heavy atom. The summed E-state index contributed by atoms with van der Waals surface area (Å²) < 4.78 is 38.1. The van der Waals surface area contributed by atoms with Crippen molar-refractivity contribution < 1.29 is 58.7 Å². The van der Waals surface area contributed by atoms with E-state index in [2.05, 4.69) is 27.7 Å². The third kappa shape index (κ3) is 14.5. The lowest BCUT2D eigenvalue weighted by atomic mass is 9.77. The molecule has 0 saturated carbocycles. The second-order valence-corrected chi connectivity index (χ2v) is 20.9. The minimum absolute atomic E-state index is 0.115. The number of likely N-dealkylation sites (N-methyl/N-ethyl adjacent to an activating group) is 1. The zero-order valence-corrected chi connectivity index (χ0v) is 42.8. The van der Waals surface area contributed by atoms with Gasteiger partial charge in [-0.15, -0.1) is 0 Å². The summed E-state index contributed by atoms with van der Waals surface area (Å²) in [6.07, 6.45) is -7.22. The molecule has 0 amide bonds. The molecule has 0 bridgehead atoms. The Morgan fingerprint density at radius 1 is 0.939 bits per heavy atom. The summed E-state index contributed by atoms with van der Waals surface area (Å²) in [5, 5.41) is 67.0. The number of hydrogen-bond acceptors (Lipinski definition) is 15. The van der Waals surface area contributed by atoms with Crippen LogP contribution >= 0.6 is 12.2 Å². The van der Waals surface area contributed by atoms with Gasteiger partial charge in [0.05, 0.1) is 41.5 Å². The number of ether oxygens (including phenoxy) is 6. The van der Waals surface area contributed by atoms with Gasteiger partial charge in [-0.1, -0.05) is 51.1 Å². The average Bonchev–Trinajstić information content (AvgIpc) is 3.26. The molecule has 66 heavy (non-hydrogen) atoms. The first-order valence-electron chi connectivity index (χ1n) is 24.2. The van der Waals surface area contributed by atoms with Gasteiger partial charge in [0.15, 0.2) is 17.7 Å². The molecule has 1 aromatic rings. The van der Waals surface area contributed by atoms with Crippen LogP contribution < -0.4 is 10.6 Å². The third-order valence-corrected chi connectivity index (χ3v) is 14.8. The van der Waals surface area contributed by atoms with E-state index in [1.165, 1.54) is 19.6 Å². The Morgan fingerprint density at radius 2 is 1.59 bits per heavy atom. The van der Waals surface area contributed by atoms with Crippen molar-refractivity contribution in [1.29, 1.82) is 0 Å². The fourth-order valence-electron chi connectivity index (χ4n) is 10.4. The minimum Gasteiger partial charge on any atom is -0.459 e. The number of cyclic esters (lactones) is 1. The molecule has 3 aliphatic heterocycles. The number of carbonyl (C=O) groups is 1. The highest BCUT2D eigenvalue weighted by molar-refractivity contribution is 7.80. The van der Waals surface area contributed by atoms with Crippen LogP contribution in [0.5, 0.6) is 0 Å². The second-order valence-electron chi connectivity index (χ2n) is 20.5. The molecule has 3 aliphatic rings. The maximum absolute atomic E-state index is 14.5. The van der Waals surface area contributed by atoms with Crippen molar-refractivity contribution in [3.05, 3.63) is 35.9 Å². The molecule has 17 heteroatoms. The first kappa shape index (κ1) is 56.5. The number of nitrogens with one attached hydrogen (secondary N) is 2. The molecule has 16 nitrogen and oxygen atoms in total. The zero-order chi connectivity index (χ0) is 49.3. The Bertz CT molecular complexity index is 1650. The fourth-order valence-corrected chi connectivity index (χ4v) is 10.6. The lowest BCUT2D eigenvalue weighted by Crippen LogP contribution is -2.60. The van der Waals surface area contributed by atoms with Gasteiger partial charge >= 0.3 is 5.97 Å². The van der Waals surface area contributed by atoms with Crippen LogP contribution in [0.2, 0.25) is 0 Å². The van der Waals surface area contributed by atoms with Gasteiger partial charge in [-0.3, -0.25) is 9.69 Å². The lowest BCUT2D eigenvalue weighted by molar-refractivity contribution is -0.318. The van der Waals surface area contributed by atoms with E-state index in [9.17, 15) is 30.3 Å². The van der Waals surface area contributed by atoms with Crippen molar-refractivity contribution in [3.63, 3.8) is 0 Å². The van der Waals surface area contributed by atoms with E-state index in [0.717, 1.165) is 6.42 Å². The molecule has 3 heterocycles. The van der Waals surface area contributed by atoms with Gasteiger partial charge in [0, 0.05) is 57.7 Å². The van der Waals surface area contributed by atoms with Gasteiger partial charge in [-0.2, -0.15) is 0 Å². The van der Waals surface area contributed by atoms with Crippen molar-refractivity contribution in [1.82, 2.24) is 20.4 Å². The normalized spacial score (nSPS) is 41.4. The number of thiocarbonyl (C=S) groups is 1. The molecule has 0 radical (unpaired) electrons. The summed E-state index contributed by atoms with van der Waals surface area (Å²) in [5.41, 5.74) is -3.33. The van der Waals surface area contributed by atoms with Gasteiger partial charge in [0.25, 0.3) is 0 Å². The maximum atomic E-state index is 14.5. The molecule has 0 aromatic heterocycles. The van der Waals surface area contributed by atoms with Crippen LogP contribution in [0.1, 0.15) is 107 Å². The van der Waals surface area contributed by atoms with Crippen LogP contribution in [-0.4, -0.2) is 184 Å². The van der Waals surface area contributed by atoms with Crippen LogP contribution in [0.25, 0.3) is 0 Å². The number of rotatable bonds is 14. The molecule has 0 unspecified atom stereocenters. The first-order chi connectivity index (χ1) is 30.9. The summed E-state index contributed by atoms with van der Waals surface area (Å²) in [5.74, 6) is -2.75. The average molecular weight is 955 g/mol. The predicted octanol–water partition coefficient (Wildman–Crippen LogP) is 3.37. The van der Waals surface area contributed by atoms with Crippen molar-refractivity contribution in [3.8, 4) is 0 Å². The molecule has 7 N–H and O–H groups in total. The number of carbonyl (C=O) groups excluding carboxylic acids is 1. The first-order valence-corrected chi connectivity index (χ1v) is 24.6. The predicted molar refractivity (Wildman–Crippen MR) is 256 cm³/mol. The van der Waals surface area contributed by atoms with E-state index in [1.807, 2.05) is 64.9 Å². The summed E-state index contributed by atoms with van der Waals surface area (Å²) in [6, 6.07) is 9.25. The molecule has 0 aliphatic carbocycles.